The van der Waals surface area contributed by atoms with Crippen LogP contribution in [0, 0.1) is 0 Å². The predicted molar refractivity (Wildman–Crippen MR) is 139 cm³/mol. The first-order valence-corrected chi connectivity index (χ1v) is 13.0. The summed E-state index contributed by atoms with van der Waals surface area (Å²) in [5.41, 5.74) is 2.43. The quantitative estimate of drug-likeness (QED) is 0.513. The molecule has 0 spiro atoms. The first kappa shape index (κ1) is 25.5. The number of amides is 4. The highest BCUT2D eigenvalue weighted by Gasteiger charge is 2.25. The molecule has 4 rings (SSSR count). The van der Waals surface area contributed by atoms with E-state index in [0.29, 0.717) is 44.8 Å². The van der Waals surface area contributed by atoms with Crippen LogP contribution >= 0.6 is 0 Å². The Hall–Kier alpha value is -3.55. The van der Waals surface area contributed by atoms with Gasteiger partial charge in [-0.15, -0.1) is 0 Å². The van der Waals surface area contributed by atoms with Crippen molar-refractivity contribution in [2.75, 3.05) is 44.6 Å². The Morgan fingerprint density at radius 2 is 1.92 bits per heavy atom. The fourth-order valence-corrected chi connectivity index (χ4v) is 4.89. The minimum Gasteiger partial charge on any atom is -0.494 e. The van der Waals surface area contributed by atoms with Gasteiger partial charge >= 0.3 is 6.03 Å². The Morgan fingerprint density at radius 3 is 2.67 bits per heavy atom. The lowest BCUT2D eigenvalue weighted by atomic mass is 9.89. The van der Waals surface area contributed by atoms with Gasteiger partial charge in [-0.25, -0.2) is 4.79 Å². The van der Waals surface area contributed by atoms with Gasteiger partial charge in [-0.05, 0) is 74.6 Å². The van der Waals surface area contributed by atoms with Crippen LogP contribution in [0.2, 0.25) is 0 Å². The molecular weight excluding hydrogens is 456 g/mol. The Balaban J connectivity index is 1.28. The van der Waals surface area contributed by atoms with Gasteiger partial charge in [0.2, 0.25) is 5.91 Å². The van der Waals surface area contributed by atoms with E-state index >= 15 is 0 Å². The number of urea groups is 1. The molecule has 0 saturated carbocycles. The Morgan fingerprint density at radius 1 is 1.08 bits per heavy atom. The van der Waals surface area contributed by atoms with Gasteiger partial charge in [0, 0.05) is 56.3 Å². The van der Waals surface area contributed by atoms with Gasteiger partial charge in [0.25, 0.3) is 5.91 Å². The van der Waals surface area contributed by atoms with Crippen molar-refractivity contribution in [1.29, 1.82) is 0 Å². The zero-order valence-corrected chi connectivity index (χ0v) is 21.0. The van der Waals surface area contributed by atoms with Crippen molar-refractivity contribution < 1.29 is 19.1 Å². The third kappa shape index (κ3) is 6.77. The molecule has 2 aromatic carbocycles. The molecule has 2 saturated heterocycles. The van der Waals surface area contributed by atoms with Crippen LogP contribution in [-0.2, 0) is 4.79 Å². The summed E-state index contributed by atoms with van der Waals surface area (Å²) in [6, 6.07) is 15.0. The number of nitrogens with zero attached hydrogens (tertiary/aromatic N) is 2. The standard InChI is InChI=1S/C28H36N4O4/c1-2-36-25-13-11-24(12-14-25)30-28(35)32-17-4-9-23(20-32)21-7-3-8-22(19-21)27(34)29-15-6-18-31-16-5-10-26(31)33/h3,7-8,11-14,19,23H,2,4-6,9-10,15-18,20H2,1H3,(H,29,34)(H,30,35). The molecule has 1 unspecified atom stereocenters. The maximum atomic E-state index is 12.9. The van der Waals surface area contributed by atoms with Gasteiger partial charge in [0.1, 0.15) is 5.75 Å². The second-order valence-corrected chi connectivity index (χ2v) is 9.39. The normalized spacial score (nSPS) is 17.7. The molecule has 0 aliphatic carbocycles. The molecule has 8 nitrogen and oxygen atoms in total. The summed E-state index contributed by atoms with van der Waals surface area (Å²) in [5, 5.41) is 5.95. The first-order valence-electron chi connectivity index (χ1n) is 13.0. The number of piperidine rings is 1. The molecule has 2 aliphatic heterocycles. The number of anilines is 1. The van der Waals surface area contributed by atoms with Crippen molar-refractivity contribution in [3.05, 3.63) is 59.7 Å². The number of rotatable bonds is 9. The third-order valence-electron chi connectivity index (χ3n) is 6.81. The van der Waals surface area contributed by atoms with E-state index in [-0.39, 0.29) is 23.8 Å². The monoisotopic (exact) mass is 492 g/mol. The van der Waals surface area contributed by atoms with Gasteiger partial charge in [0.05, 0.1) is 6.61 Å². The van der Waals surface area contributed by atoms with Crippen molar-refractivity contribution >= 4 is 23.5 Å². The zero-order valence-electron chi connectivity index (χ0n) is 21.0. The topological polar surface area (TPSA) is 91.0 Å². The number of benzene rings is 2. The molecule has 1 atom stereocenters. The SMILES string of the molecule is CCOc1ccc(NC(=O)N2CCCC(c3cccc(C(=O)NCCCN4CCCC4=O)c3)C2)cc1. The summed E-state index contributed by atoms with van der Waals surface area (Å²) in [4.78, 5) is 41.0. The van der Waals surface area contributed by atoms with Gasteiger partial charge in [-0.1, -0.05) is 12.1 Å². The second-order valence-electron chi connectivity index (χ2n) is 9.39. The van der Waals surface area contributed by atoms with Crippen molar-refractivity contribution in [2.45, 2.75) is 44.9 Å². The van der Waals surface area contributed by atoms with E-state index in [4.69, 9.17) is 4.74 Å². The minimum atomic E-state index is -0.116. The molecule has 192 valence electrons. The molecule has 36 heavy (non-hydrogen) atoms. The second kappa shape index (κ2) is 12.4. The Bertz CT molecular complexity index is 1060. The molecule has 2 aromatic rings. The van der Waals surface area contributed by atoms with E-state index in [1.807, 2.05) is 65.3 Å². The molecule has 8 heteroatoms. The molecule has 0 radical (unpaired) electrons. The minimum absolute atomic E-state index is 0.106. The van der Waals surface area contributed by atoms with E-state index in [1.54, 1.807) is 0 Å². The maximum absolute atomic E-state index is 12.9. The van der Waals surface area contributed by atoms with Gasteiger partial charge < -0.3 is 25.2 Å². The zero-order chi connectivity index (χ0) is 25.3. The summed E-state index contributed by atoms with van der Waals surface area (Å²) >= 11 is 0. The van der Waals surface area contributed by atoms with E-state index in [1.165, 1.54) is 0 Å². The van der Waals surface area contributed by atoms with Gasteiger partial charge in [-0.3, -0.25) is 9.59 Å². The summed E-state index contributed by atoms with van der Waals surface area (Å²) in [6.07, 6.45) is 4.20. The number of likely N-dealkylation sites (tertiary alicyclic amines) is 2. The number of nitrogens with one attached hydrogen (secondary N) is 2. The molecule has 2 fully saturated rings. The summed E-state index contributed by atoms with van der Waals surface area (Å²) < 4.78 is 5.46. The highest BCUT2D eigenvalue weighted by Crippen LogP contribution is 2.28. The predicted octanol–water partition coefficient (Wildman–Crippen LogP) is 4.24. The number of hydrogen-bond donors (Lipinski definition) is 2. The van der Waals surface area contributed by atoms with Crippen LogP contribution in [0.25, 0.3) is 0 Å². The largest absolute Gasteiger partial charge is 0.494 e. The van der Waals surface area contributed by atoms with Crippen molar-refractivity contribution in [2.24, 2.45) is 0 Å². The number of ether oxygens (including phenoxy) is 1. The fourth-order valence-electron chi connectivity index (χ4n) is 4.89. The fraction of sp³-hybridized carbons (Fsp3) is 0.464. The Labute approximate surface area is 213 Å². The van der Waals surface area contributed by atoms with Crippen LogP contribution in [0.15, 0.2) is 48.5 Å². The molecular formula is C28H36N4O4. The molecule has 2 aliphatic rings. The van der Waals surface area contributed by atoms with E-state index in [2.05, 4.69) is 10.6 Å². The summed E-state index contributed by atoms with van der Waals surface area (Å²) in [7, 11) is 0. The highest BCUT2D eigenvalue weighted by molar-refractivity contribution is 5.94. The van der Waals surface area contributed by atoms with Crippen LogP contribution in [-0.4, -0.2) is 67.0 Å². The summed E-state index contributed by atoms with van der Waals surface area (Å²) in [6.45, 7) is 5.91. The van der Waals surface area contributed by atoms with E-state index in [0.717, 1.165) is 49.2 Å². The maximum Gasteiger partial charge on any atom is 0.321 e. The smallest absolute Gasteiger partial charge is 0.321 e. The van der Waals surface area contributed by atoms with Crippen LogP contribution in [0.1, 0.15) is 60.9 Å². The molecule has 2 heterocycles. The number of hydrogen-bond acceptors (Lipinski definition) is 4. The number of carbonyl (C=O) groups excluding carboxylic acids is 3. The Kier molecular flexibility index (Phi) is 8.81. The van der Waals surface area contributed by atoms with E-state index < -0.39 is 0 Å². The summed E-state index contributed by atoms with van der Waals surface area (Å²) in [5.74, 6) is 1.06. The highest BCUT2D eigenvalue weighted by atomic mass is 16.5. The lowest BCUT2D eigenvalue weighted by Crippen LogP contribution is -2.41. The average Bonchev–Trinajstić information content (AvgIpc) is 3.32. The van der Waals surface area contributed by atoms with Gasteiger partial charge in [-0.2, -0.15) is 0 Å². The van der Waals surface area contributed by atoms with Crippen molar-refractivity contribution in [3.63, 3.8) is 0 Å². The van der Waals surface area contributed by atoms with Crippen LogP contribution < -0.4 is 15.4 Å². The third-order valence-corrected chi connectivity index (χ3v) is 6.81. The van der Waals surface area contributed by atoms with Crippen LogP contribution in [0.3, 0.4) is 0 Å². The number of carbonyl (C=O) groups is 3. The van der Waals surface area contributed by atoms with E-state index in [9.17, 15) is 14.4 Å². The van der Waals surface area contributed by atoms with Gasteiger partial charge in [0.15, 0.2) is 0 Å². The van der Waals surface area contributed by atoms with Crippen molar-refractivity contribution in [3.8, 4) is 5.75 Å². The molecule has 2 N–H and O–H groups in total. The first-order chi connectivity index (χ1) is 17.5. The molecule has 4 amide bonds. The lowest BCUT2D eigenvalue weighted by molar-refractivity contribution is -0.127. The lowest BCUT2D eigenvalue weighted by Gasteiger charge is -2.33. The molecule has 0 aromatic heterocycles. The molecule has 0 bridgehead atoms. The van der Waals surface area contributed by atoms with Crippen LogP contribution in [0.4, 0.5) is 10.5 Å². The van der Waals surface area contributed by atoms with Crippen molar-refractivity contribution in [1.82, 2.24) is 15.1 Å². The van der Waals surface area contributed by atoms with Crippen LogP contribution in [0.5, 0.6) is 5.75 Å². The average molecular weight is 493 g/mol.